The lowest BCUT2D eigenvalue weighted by molar-refractivity contribution is 0.670. The van der Waals surface area contributed by atoms with E-state index in [1.54, 1.807) is 11.3 Å². The van der Waals surface area contributed by atoms with Crippen LogP contribution in [-0.4, -0.2) is 9.97 Å². The molecule has 55 heavy (non-hydrogen) atoms. The lowest BCUT2D eigenvalue weighted by Gasteiger charge is -2.25. The molecular weight excluding hydrogens is 691 g/mol. The van der Waals surface area contributed by atoms with Crippen LogP contribution in [0.3, 0.4) is 0 Å². The highest BCUT2D eigenvalue weighted by atomic mass is 32.1. The lowest BCUT2D eigenvalue weighted by Crippen LogP contribution is -2.09. The van der Waals surface area contributed by atoms with Crippen molar-refractivity contribution in [3.05, 3.63) is 188 Å². The van der Waals surface area contributed by atoms with Gasteiger partial charge in [-0.3, -0.25) is 0 Å². The maximum Gasteiger partial charge on any atom is 0.160 e. The van der Waals surface area contributed by atoms with Gasteiger partial charge in [0, 0.05) is 54.6 Å². The molecule has 4 nitrogen and oxygen atoms in total. The second kappa shape index (κ2) is 12.8. The summed E-state index contributed by atoms with van der Waals surface area (Å²) in [5.41, 5.74) is 10.9. The van der Waals surface area contributed by atoms with Crippen molar-refractivity contribution >= 4 is 81.4 Å². The van der Waals surface area contributed by atoms with Crippen molar-refractivity contribution in [3.8, 4) is 33.8 Å². The van der Waals surface area contributed by atoms with Gasteiger partial charge in [-0.15, -0.1) is 11.3 Å². The summed E-state index contributed by atoms with van der Waals surface area (Å²) in [5.74, 6) is 0.684. The van der Waals surface area contributed by atoms with E-state index >= 15 is 0 Å². The molecule has 0 saturated carbocycles. The van der Waals surface area contributed by atoms with E-state index in [1.807, 2.05) is 6.07 Å². The monoisotopic (exact) mass is 721 g/mol. The number of aromatic nitrogens is 2. The van der Waals surface area contributed by atoms with Gasteiger partial charge in [-0.25, -0.2) is 9.97 Å². The Labute approximate surface area is 321 Å². The zero-order chi connectivity index (χ0) is 36.3. The molecule has 0 fully saturated rings. The van der Waals surface area contributed by atoms with E-state index < -0.39 is 0 Å². The molecule has 0 atom stereocenters. The molecule has 258 valence electrons. The van der Waals surface area contributed by atoms with Crippen LogP contribution in [0.1, 0.15) is 0 Å². The number of thiophene rings is 1. The Balaban J connectivity index is 1.15. The van der Waals surface area contributed by atoms with E-state index in [2.05, 4.69) is 187 Å². The zero-order valence-corrected chi connectivity index (χ0v) is 30.4. The molecule has 3 aromatic heterocycles. The van der Waals surface area contributed by atoms with Gasteiger partial charge in [0.2, 0.25) is 0 Å². The Kier molecular flexibility index (Phi) is 7.32. The van der Waals surface area contributed by atoms with Gasteiger partial charge < -0.3 is 9.32 Å². The van der Waals surface area contributed by atoms with Gasteiger partial charge in [0.25, 0.3) is 0 Å². The summed E-state index contributed by atoms with van der Waals surface area (Å²) >= 11 is 1.75. The largest absolute Gasteiger partial charge is 0.455 e. The summed E-state index contributed by atoms with van der Waals surface area (Å²) in [6.45, 7) is 0. The molecular formula is C50H31N3OS. The Hall–Kier alpha value is -7.08. The highest BCUT2D eigenvalue weighted by Crippen LogP contribution is 2.44. The number of hydrogen-bond acceptors (Lipinski definition) is 5. The molecule has 0 bridgehead atoms. The van der Waals surface area contributed by atoms with Crippen LogP contribution in [0.2, 0.25) is 0 Å². The lowest BCUT2D eigenvalue weighted by atomic mass is 9.97. The Bertz CT molecular complexity index is 3150. The maximum atomic E-state index is 6.81. The van der Waals surface area contributed by atoms with Gasteiger partial charge in [0.05, 0.1) is 15.9 Å². The number of hydrogen-bond donors (Lipinski definition) is 0. The zero-order valence-electron chi connectivity index (χ0n) is 29.6. The molecule has 0 amide bonds. The second-order valence-corrected chi connectivity index (χ2v) is 14.8. The van der Waals surface area contributed by atoms with Crippen LogP contribution in [0.25, 0.3) is 86.8 Å². The van der Waals surface area contributed by atoms with Gasteiger partial charge in [0.1, 0.15) is 11.2 Å². The second-order valence-electron chi connectivity index (χ2n) is 13.8. The Morgan fingerprint density at radius 1 is 0.455 bits per heavy atom. The first-order valence-electron chi connectivity index (χ1n) is 18.4. The van der Waals surface area contributed by atoms with Crippen LogP contribution < -0.4 is 4.90 Å². The number of para-hydroxylation sites is 2. The van der Waals surface area contributed by atoms with E-state index in [4.69, 9.17) is 14.4 Å². The summed E-state index contributed by atoms with van der Waals surface area (Å²) in [5, 5.41) is 5.56. The Morgan fingerprint density at radius 2 is 1.07 bits per heavy atom. The topological polar surface area (TPSA) is 42.2 Å². The fourth-order valence-corrected chi connectivity index (χ4v) is 8.96. The minimum absolute atomic E-state index is 0.684. The van der Waals surface area contributed by atoms with Crippen LogP contribution in [-0.2, 0) is 0 Å². The van der Waals surface area contributed by atoms with Crippen molar-refractivity contribution in [1.29, 1.82) is 0 Å². The number of benzene rings is 8. The standard InChI is InChI=1S/C50H31N3OS/c1-4-14-33(15-5-1)46-49-47(40-22-12-13-23-45(40)55-49)52-50(51-46)36-29-41(48-43(30-36)42-28-34-16-10-11-17-35(34)31-44(42)54-48)32-24-26-39(27-25-32)53(37-18-6-2-7-19-37)38-20-8-3-9-21-38/h1-31H. The van der Waals surface area contributed by atoms with Crippen LogP contribution in [0.15, 0.2) is 192 Å². The summed E-state index contributed by atoms with van der Waals surface area (Å²) < 4.78 is 9.10. The number of rotatable bonds is 6. The Morgan fingerprint density at radius 3 is 1.80 bits per heavy atom. The van der Waals surface area contributed by atoms with Crippen molar-refractivity contribution < 1.29 is 4.42 Å². The van der Waals surface area contributed by atoms with Crippen LogP contribution in [0, 0.1) is 0 Å². The van der Waals surface area contributed by atoms with Crippen molar-refractivity contribution in [3.63, 3.8) is 0 Å². The number of nitrogens with zero attached hydrogens (tertiary/aromatic N) is 3. The van der Waals surface area contributed by atoms with Crippen LogP contribution >= 0.6 is 11.3 Å². The number of fused-ring (bicyclic) bond motifs is 7. The number of furan rings is 1. The van der Waals surface area contributed by atoms with E-state index in [0.717, 1.165) is 87.9 Å². The van der Waals surface area contributed by atoms with E-state index in [9.17, 15) is 0 Å². The molecule has 0 unspecified atom stereocenters. The first-order chi connectivity index (χ1) is 27.2. The van der Waals surface area contributed by atoms with Crippen LogP contribution in [0.5, 0.6) is 0 Å². The minimum atomic E-state index is 0.684. The predicted octanol–water partition coefficient (Wildman–Crippen LogP) is 14.4. The molecule has 3 heterocycles. The van der Waals surface area contributed by atoms with Crippen molar-refractivity contribution in [2.75, 3.05) is 4.90 Å². The van der Waals surface area contributed by atoms with E-state index in [-0.39, 0.29) is 0 Å². The van der Waals surface area contributed by atoms with Crippen LogP contribution in [0.4, 0.5) is 17.1 Å². The van der Waals surface area contributed by atoms with Gasteiger partial charge in [-0.2, -0.15) is 0 Å². The average molecular weight is 722 g/mol. The van der Waals surface area contributed by atoms with Crippen molar-refractivity contribution in [2.24, 2.45) is 0 Å². The normalized spacial score (nSPS) is 11.6. The predicted molar refractivity (Wildman–Crippen MR) is 231 cm³/mol. The molecule has 11 aromatic rings. The SMILES string of the molecule is c1ccc(-c2nc(-c3cc(-c4ccc(N(c5ccccc5)c5ccccc5)cc4)c4oc5cc6ccccc6cc5c4c3)nc3c2sc2ccccc23)cc1. The third kappa shape index (κ3) is 5.36. The smallest absolute Gasteiger partial charge is 0.160 e. The molecule has 0 spiro atoms. The van der Waals surface area contributed by atoms with E-state index in [1.165, 1.54) is 10.1 Å². The first kappa shape index (κ1) is 31.4. The van der Waals surface area contributed by atoms with Gasteiger partial charge >= 0.3 is 0 Å². The fraction of sp³-hybridized carbons (Fsp3) is 0. The molecule has 0 radical (unpaired) electrons. The molecule has 0 aliphatic heterocycles. The third-order valence-electron chi connectivity index (χ3n) is 10.4. The molecule has 0 N–H and O–H groups in total. The van der Waals surface area contributed by atoms with Gasteiger partial charge in [0.15, 0.2) is 5.82 Å². The average Bonchev–Trinajstić information content (AvgIpc) is 3.81. The minimum Gasteiger partial charge on any atom is -0.455 e. The molecule has 0 aliphatic carbocycles. The summed E-state index contributed by atoms with van der Waals surface area (Å²) in [4.78, 5) is 13.0. The summed E-state index contributed by atoms with van der Waals surface area (Å²) in [7, 11) is 0. The van der Waals surface area contributed by atoms with Gasteiger partial charge in [-0.1, -0.05) is 121 Å². The first-order valence-corrected chi connectivity index (χ1v) is 19.2. The highest BCUT2D eigenvalue weighted by Gasteiger charge is 2.21. The molecule has 11 rings (SSSR count). The highest BCUT2D eigenvalue weighted by molar-refractivity contribution is 7.26. The van der Waals surface area contributed by atoms with Gasteiger partial charge in [-0.05, 0) is 83.1 Å². The summed E-state index contributed by atoms with van der Waals surface area (Å²) in [6, 6.07) is 66.0. The molecule has 0 aliphatic rings. The molecule has 5 heteroatoms. The third-order valence-corrected chi connectivity index (χ3v) is 11.6. The molecule has 0 saturated heterocycles. The fourth-order valence-electron chi connectivity index (χ4n) is 7.81. The van der Waals surface area contributed by atoms with Crippen molar-refractivity contribution in [2.45, 2.75) is 0 Å². The van der Waals surface area contributed by atoms with Crippen molar-refractivity contribution in [1.82, 2.24) is 9.97 Å². The molecule has 8 aromatic carbocycles. The quantitative estimate of drug-likeness (QED) is 0.171. The van der Waals surface area contributed by atoms with E-state index in [0.29, 0.717) is 5.82 Å². The number of anilines is 3. The maximum absolute atomic E-state index is 6.81. The summed E-state index contributed by atoms with van der Waals surface area (Å²) in [6.07, 6.45) is 0.